The molecule has 0 aliphatic heterocycles. The van der Waals surface area contributed by atoms with Crippen molar-refractivity contribution in [2.45, 2.75) is 6.42 Å². The second-order valence-corrected chi connectivity index (χ2v) is 4.35. The molecule has 1 aromatic carbocycles. The van der Waals surface area contributed by atoms with Crippen LogP contribution in [0, 0.1) is 0 Å². The Labute approximate surface area is 76.6 Å². The van der Waals surface area contributed by atoms with Gasteiger partial charge in [-0.15, -0.1) is 0 Å². The van der Waals surface area contributed by atoms with E-state index in [1.54, 1.807) is 12.1 Å². The fourth-order valence-corrected chi connectivity index (χ4v) is 1.56. The smallest absolute Gasteiger partial charge is 0.330 e. The summed E-state index contributed by atoms with van der Waals surface area (Å²) in [5.74, 6) is 0. The summed E-state index contributed by atoms with van der Waals surface area (Å²) >= 11 is 0. The van der Waals surface area contributed by atoms with E-state index >= 15 is 0 Å². The first-order valence-corrected chi connectivity index (χ1v) is 5.50. The van der Waals surface area contributed by atoms with Crippen LogP contribution in [0.3, 0.4) is 0 Å². The Morgan fingerprint density at radius 2 is 1.77 bits per heavy atom. The summed E-state index contributed by atoms with van der Waals surface area (Å²) in [6.07, 6.45) is 0.724. The zero-order valence-electron chi connectivity index (χ0n) is 7.05. The maximum atomic E-state index is 10.8. The van der Waals surface area contributed by atoms with E-state index in [0.717, 1.165) is 12.0 Å². The Bertz CT molecular complexity index is 317. The lowest BCUT2D eigenvalue weighted by atomic mass is 10.2. The predicted octanol–water partition coefficient (Wildman–Crippen LogP) is -0.00920. The number of benzene rings is 1. The number of hydrogen-bond donors (Lipinski definition) is 3. The van der Waals surface area contributed by atoms with Crippen LogP contribution in [-0.4, -0.2) is 16.3 Å². The van der Waals surface area contributed by atoms with E-state index < -0.39 is 7.60 Å². The monoisotopic (exact) mass is 201 g/mol. The minimum absolute atomic E-state index is 0.0493. The van der Waals surface area contributed by atoms with Crippen molar-refractivity contribution in [1.29, 1.82) is 0 Å². The van der Waals surface area contributed by atoms with Gasteiger partial charge in [0.2, 0.25) is 0 Å². The molecule has 13 heavy (non-hydrogen) atoms. The van der Waals surface area contributed by atoms with Crippen molar-refractivity contribution < 1.29 is 14.4 Å². The summed E-state index contributed by atoms with van der Waals surface area (Å²) in [5, 5.41) is 0.0493. The molecule has 0 bridgehead atoms. The van der Waals surface area contributed by atoms with Crippen molar-refractivity contribution >= 4 is 12.9 Å². The van der Waals surface area contributed by atoms with Gasteiger partial charge in [0.05, 0.1) is 5.30 Å². The summed E-state index contributed by atoms with van der Waals surface area (Å²) < 4.78 is 10.8. The van der Waals surface area contributed by atoms with E-state index in [2.05, 4.69) is 0 Å². The predicted molar refractivity (Wildman–Crippen MR) is 50.9 cm³/mol. The third-order valence-corrected chi connectivity index (χ3v) is 2.68. The van der Waals surface area contributed by atoms with Gasteiger partial charge in [0.1, 0.15) is 0 Å². The number of rotatable bonds is 3. The van der Waals surface area contributed by atoms with Crippen LogP contribution in [0.25, 0.3) is 0 Å². The first-order chi connectivity index (χ1) is 6.04. The zero-order chi connectivity index (χ0) is 9.90. The molecule has 0 amide bonds. The molecule has 4 nitrogen and oxygen atoms in total. The van der Waals surface area contributed by atoms with E-state index in [1.165, 1.54) is 12.1 Å². The normalized spacial score (nSPS) is 11.6. The highest BCUT2D eigenvalue weighted by atomic mass is 31.2. The molecule has 0 saturated heterocycles. The van der Waals surface area contributed by atoms with Crippen molar-refractivity contribution in [1.82, 2.24) is 0 Å². The van der Waals surface area contributed by atoms with Gasteiger partial charge in [-0.1, -0.05) is 12.1 Å². The van der Waals surface area contributed by atoms with Crippen LogP contribution in [0.1, 0.15) is 5.56 Å². The molecule has 0 fully saturated rings. The zero-order valence-corrected chi connectivity index (χ0v) is 7.95. The second-order valence-electron chi connectivity index (χ2n) is 2.75. The van der Waals surface area contributed by atoms with E-state index in [1.807, 2.05) is 0 Å². The molecule has 0 spiro atoms. The molecule has 1 aromatic rings. The molecule has 0 heterocycles. The van der Waals surface area contributed by atoms with E-state index in [4.69, 9.17) is 15.5 Å². The molecule has 4 N–H and O–H groups in total. The van der Waals surface area contributed by atoms with Crippen molar-refractivity contribution in [2.75, 3.05) is 6.54 Å². The first-order valence-electron chi connectivity index (χ1n) is 3.89. The lowest BCUT2D eigenvalue weighted by molar-refractivity contribution is 0.387. The number of hydrogen-bond acceptors (Lipinski definition) is 2. The summed E-state index contributed by atoms with van der Waals surface area (Å²) in [7, 11) is -4.09. The van der Waals surface area contributed by atoms with Gasteiger partial charge in [-0.3, -0.25) is 4.57 Å². The minimum atomic E-state index is -4.09. The average Bonchev–Trinajstić information content (AvgIpc) is 2.04. The molecule has 0 atom stereocenters. The van der Waals surface area contributed by atoms with Crippen molar-refractivity contribution in [3.05, 3.63) is 29.8 Å². The van der Waals surface area contributed by atoms with Crippen molar-refractivity contribution in [2.24, 2.45) is 5.73 Å². The average molecular weight is 201 g/mol. The van der Waals surface area contributed by atoms with Gasteiger partial charge >= 0.3 is 7.60 Å². The lowest BCUT2D eigenvalue weighted by Gasteiger charge is -2.04. The largest absolute Gasteiger partial charge is 0.356 e. The Kier molecular flexibility index (Phi) is 3.22. The maximum absolute atomic E-state index is 10.8. The van der Waals surface area contributed by atoms with E-state index in [9.17, 15) is 4.57 Å². The van der Waals surface area contributed by atoms with Gasteiger partial charge < -0.3 is 15.5 Å². The standard InChI is InChI=1S/C8H12NO3P/c9-6-5-7-1-3-8(4-2-7)13(10,11)12/h1-4H,5-6,9H2,(H2,10,11,12). The van der Waals surface area contributed by atoms with Crippen molar-refractivity contribution in [3.8, 4) is 0 Å². The molecule has 0 aliphatic rings. The second kappa shape index (κ2) is 4.03. The topological polar surface area (TPSA) is 83.6 Å². The van der Waals surface area contributed by atoms with Gasteiger partial charge in [-0.25, -0.2) is 0 Å². The van der Waals surface area contributed by atoms with Crippen LogP contribution in [-0.2, 0) is 11.0 Å². The Morgan fingerprint density at radius 1 is 1.23 bits per heavy atom. The maximum Gasteiger partial charge on any atom is 0.356 e. The molecule has 0 aliphatic carbocycles. The molecule has 72 valence electrons. The highest BCUT2D eigenvalue weighted by Crippen LogP contribution is 2.32. The van der Waals surface area contributed by atoms with Crippen LogP contribution in [0.2, 0.25) is 0 Å². The minimum Gasteiger partial charge on any atom is -0.330 e. The van der Waals surface area contributed by atoms with Gasteiger partial charge in [-0.05, 0) is 30.7 Å². The fourth-order valence-electron chi connectivity index (χ4n) is 1.02. The molecule has 0 aromatic heterocycles. The van der Waals surface area contributed by atoms with E-state index in [-0.39, 0.29) is 5.30 Å². The quantitative estimate of drug-likeness (QED) is 0.600. The fraction of sp³-hybridized carbons (Fsp3) is 0.250. The Hall–Kier alpha value is -0.670. The third kappa shape index (κ3) is 2.94. The van der Waals surface area contributed by atoms with Gasteiger partial charge in [0.25, 0.3) is 0 Å². The van der Waals surface area contributed by atoms with Gasteiger partial charge in [-0.2, -0.15) is 0 Å². The molecular formula is C8H12NO3P. The molecule has 5 heteroatoms. The summed E-state index contributed by atoms with van der Waals surface area (Å²) in [4.78, 5) is 17.6. The van der Waals surface area contributed by atoms with Gasteiger partial charge in [0, 0.05) is 0 Å². The van der Waals surface area contributed by atoms with Crippen molar-refractivity contribution in [3.63, 3.8) is 0 Å². The summed E-state index contributed by atoms with van der Waals surface area (Å²) in [6, 6.07) is 6.24. The molecular weight excluding hydrogens is 189 g/mol. The third-order valence-electron chi connectivity index (χ3n) is 1.71. The first kappa shape index (κ1) is 10.4. The van der Waals surface area contributed by atoms with Crippen LogP contribution < -0.4 is 11.0 Å². The molecule has 0 radical (unpaired) electrons. The molecule has 0 saturated carbocycles. The lowest BCUT2D eigenvalue weighted by Crippen LogP contribution is -2.06. The van der Waals surface area contributed by atoms with Gasteiger partial charge in [0.15, 0.2) is 0 Å². The molecule has 1 rings (SSSR count). The SMILES string of the molecule is NCCc1ccc(P(=O)(O)O)cc1. The number of nitrogens with two attached hydrogens (primary N) is 1. The highest BCUT2D eigenvalue weighted by molar-refractivity contribution is 7.60. The van der Waals surface area contributed by atoms with E-state index in [0.29, 0.717) is 6.54 Å². The van der Waals surface area contributed by atoms with Crippen LogP contribution in [0.4, 0.5) is 0 Å². The summed E-state index contributed by atoms with van der Waals surface area (Å²) in [5.41, 5.74) is 6.32. The summed E-state index contributed by atoms with van der Waals surface area (Å²) in [6.45, 7) is 0.537. The van der Waals surface area contributed by atoms with Crippen LogP contribution >= 0.6 is 7.60 Å². The van der Waals surface area contributed by atoms with Crippen LogP contribution in [0.15, 0.2) is 24.3 Å². The van der Waals surface area contributed by atoms with Crippen LogP contribution in [0.5, 0.6) is 0 Å². The molecule has 0 unspecified atom stereocenters. The Morgan fingerprint density at radius 3 is 2.15 bits per heavy atom. The Balaban J connectivity index is 2.88. The highest BCUT2D eigenvalue weighted by Gasteiger charge is 2.15.